The van der Waals surface area contributed by atoms with Gasteiger partial charge in [0, 0.05) is 39.8 Å². The lowest BCUT2D eigenvalue weighted by Crippen LogP contribution is -2.49. The standard InChI is InChI=1S/C14H21N5O4/c1-17(23-2)13(20)11-4-3-10(9-15)16-12(11)18-5-7-19(8-6-18)14(21)22/h3-4H,5-9,15H2,1-2H3,(H,21,22). The Morgan fingerprint density at radius 1 is 1.35 bits per heavy atom. The van der Waals surface area contributed by atoms with Crippen LogP contribution in [0.5, 0.6) is 0 Å². The van der Waals surface area contributed by atoms with Crippen molar-refractivity contribution >= 4 is 17.8 Å². The summed E-state index contributed by atoms with van der Waals surface area (Å²) in [4.78, 5) is 36.0. The number of hydrogen-bond donors (Lipinski definition) is 2. The zero-order valence-corrected chi connectivity index (χ0v) is 13.2. The first-order chi connectivity index (χ1) is 11.0. The van der Waals surface area contributed by atoms with Gasteiger partial charge in [0.15, 0.2) is 0 Å². The maximum atomic E-state index is 12.4. The Morgan fingerprint density at radius 2 is 2.00 bits per heavy atom. The third-order valence-electron chi connectivity index (χ3n) is 3.78. The van der Waals surface area contributed by atoms with E-state index in [9.17, 15) is 9.59 Å². The van der Waals surface area contributed by atoms with Crippen LogP contribution in [0.1, 0.15) is 16.1 Å². The van der Waals surface area contributed by atoms with Crippen molar-refractivity contribution in [3.05, 3.63) is 23.4 Å². The smallest absolute Gasteiger partial charge is 0.407 e. The predicted molar refractivity (Wildman–Crippen MR) is 83.0 cm³/mol. The van der Waals surface area contributed by atoms with Gasteiger partial charge >= 0.3 is 6.09 Å². The highest BCUT2D eigenvalue weighted by atomic mass is 16.7. The molecule has 1 aliphatic heterocycles. The molecule has 0 aromatic carbocycles. The lowest BCUT2D eigenvalue weighted by Gasteiger charge is -2.35. The summed E-state index contributed by atoms with van der Waals surface area (Å²) in [6.07, 6.45) is -0.941. The molecule has 1 aliphatic rings. The highest BCUT2D eigenvalue weighted by Crippen LogP contribution is 2.22. The largest absolute Gasteiger partial charge is 0.465 e. The van der Waals surface area contributed by atoms with Crippen LogP contribution in [-0.2, 0) is 11.4 Å². The van der Waals surface area contributed by atoms with E-state index in [1.165, 1.54) is 19.1 Å². The number of carbonyl (C=O) groups excluding carboxylic acids is 1. The summed E-state index contributed by atoms with van der Waals surface area (Å²) in [6.45, 7) is 1.90. The number of aromatic nitrogens is 1. The monoisotopic (exact) mass is 323 g/mol. The number of rotatable bonds is 4. The summed E-state index contributed by atoms with van der Waals surface area (Å²) in [7, 11) is 2.93. The second-order valence-electron chi connectivity index (χ2n) is 5.12. The van der Waals surface area contributed by atoms with E-state index in [1.807, 2.05) is 4.90 Å². The molecule has 0 spiro atoms. The molecule has 2 amide bonds. The molecule has 1 aromatic heterocycles. The molecule has 1 aromatic rings. The number of nitrogens with zero attached hydrogens (tertiary/aromatic N) is 4. The molecule has 1 saturated heterocycles. The van der Waals surface area contributed by atoms with Crippen molar-refractivity contribution in [2.24, 2.45) is 5.73 Å². The number of hydrogen-bond acceptors (Lipinski definition) is 6. The molecule has 9 heteroatoms. The van der Waals surface area contributed by atoms with Crippen LogP contribution in [0.3, 0.4) is 0 Å². The van der Waals surface area contributed by atoms with Crippen LogP contribution in [0.4, 0.5) is 10.6 Å². The van der Waals surface area contributed by atoms with Crippen LogP contribution in [0, 0.1) is 0 Å². The number of hydroxylamine groups is 2. The molecule has 3 N–H and O–H groups in total. The zero-order chi connectivity index (χ0) is 17.0. The van der Waals surface area contributed by atoms with Crippen molar-refractivity contribution in [2.75, 3.05) is 45.2 Å². The quantitative estimate of drug-likeness (QED) is 0.748. The summed E-state index contributed by atoms with van der Waals surface area (Å²) < 4.78 is 0. The Hall–Kier alpha value is -2.39. The fourth-order valence-electron chi connectivity index (χ4n) is 2.37. The third-order valence-corrected chi connectivity index (χ3v) is 3.78. The third kappa shape index (κ3) is 3.69. The molecule has 1 fully saturated rings. The van der Waals surface area contributed by atoms with Gasteiger partial charge < -0.3 is 20.6 Å². The van der Waals surface area contributed by atoms with Crippen molar-refractivity contribution < 1.29 is 19.5 Å². The molecule has 126 valence electrons. The number of anilines is 1. The van der Waals surface area contributed by atoms with Crippen LogP contribution in [0.25, 0.3) is 0 Å². The van der Waals surface area contributed by atoms with Crippen LogP contribution in [0.15, 0.2) is 12.1 Å². The Morgan fingerprint density at radius 3 is 2.52 bits per heavy atom. The van der Waals surface area contributed by atoms with Crippen molar-refractivity contribution in [2.45, 2.75) is 6.54 Å². The van der Waals surface area contributed by atoms with Crippen LogP contribution in [-0.4, -0.2) is 72.4 Å². The van der Waals surface area contributed by atoms with E-state index in [2.05, 4.69) is 4.98 Å². The van der Waals surface area contributed by atoms with Gasteiger partial charge in [0.1, 0.15) is 5.82 Å². The highest BCUT2D eigenvalue weighted by molar-refractivity contribution is 5.98. The molecule has 0 unspecified atom stereocenters. The van der Waals surface area contributed by atoms with Gasteiger partial charge in [-0.15, -0.1) is 0 Å². The second kappa shape index (κ2) is 7.25. The number of amides is 2. The van der Waals surface area contributed by atoms with Crippen molar-refractivity contribution in [3.8, 4) is 0 Å². The van der Waals surface area contributed by atoms with E-state index in [1.54, 1.807) is 12.1 Å². The molecule has 0 atom stereocenters. The lowest BCUT2D eigenvalue weighted by atomic mass is 10.2. The second-order valence-corrected chi connectivity index (χ2v) is 5.12. The Bertz CT molecular complexity index is 587. The van der Waals surface area contributed by atoms with Crippen molar-refractivity contribution in [3.63, 3.8) is 0 Å². The van der Waals surface area contributed by atoms with E-state index in [0.717, 1.165) is 5.06 Å². The first-order valence-electron chi connectivity index (χ1n) is 7.23. The van der Waals surface area contributed by atoms with Gasteiger partial charge in [-0.2, -0.15) is 0 Å². The molecule has 2 heterocycles. The van der Waals surface area contributed by atoms with Crippen LogP contribution in [0.2, 0.25) is 0 Å². The van der Waals surface area contributed by atoms with E-state index in [4.69, 9.17) is 15.7 Å². The molecular formula is C14H21N5O4. The maximum absolute atomic E-state index is 12.4. The number of carboxylic acid groups (broad SMARTS) is 1. The zero-order valence-electron chi connectivity index (χ0n) is 13.2. The molecule has 0 saturated carbocycles. The Balaban J connectivity index is 2.29. The van der Waals surface area contributed by atoms with Gasteiger partial charge in [-0.05, 0) is 12.1 Å². The Labute approximate surface area is 134 Å². The number of nitrogens with two attached hydrogens (primary N) is 1. The van der Waals surface area contributed by atoms with E-state index in [-0.39, 0.29) is 12.5 Å². The molecular weight excluding hydrogens is 302 g/mol. The van der Waals surface area contributed by atoms with E-state index in [0.29, 0.717) is 43.3 Å². The molecule has 23 heavy (non-hydrogen) atoms. The minimum Gasteiger partial charge on any atom is -0.465 e. The summed E-state index contributed by atoms with van der Waals surface area (Å²) in [5, 5.41) is 10.1. The fraction of sp³-hybridized carbons (Fsp3) is 0.500. The Kier molecular flexibility index (Phi) is 5.35. The van der Waals surface area contributed by atoms with E-state index < -0.39 is 6.09 Å². The van der Waals surface area contributed by atoms with Crippen molar-refractivity contribution in [1.29, 1.82) is 0 Å². The molecule has 0 radical (unpaired) electrons. The molecule has 0 bridgehead atoms. The van der Waals surface area contributed by atoms with Crippen LogP contribution < -0.4 is 10.6 Å². The summed E-state index contributed by atoms with van der Waals surface area (Å²) in [6, 6.07) is 3.37. The van der Waals surface area contributed by atoms with Gasteiger partial charge in [0.25, 0.3) is 5.91 Å². The van der Waals surface area contributed by atoms with E-state index >= 15 is 0 Å². The highest BCUT2D eigenvalue weighted by Gasteiger charge is 2.26. The number of carbonyl (C=O) groups is 2. The number of piperazine rings is 1. The minimum atomic E-state index is -0.941. The first kappa shape index (κ1) is 17.0. The lowest BCUT2D eigenvalue weighted by molar-refractivity contribution is -0.0756. The topological polar surface area (TPSA) is 112 Å². The average Bonchev–Trinajstić information content (AvgIpc) is 2.59. The molecule has 0 aliphatic carbocycles. The summed E-state index contributed by atoms with van der Waals surface area (Å²) in [5.74, 6) is 0.186. The van der Waals surface area contributed by atoms with Gasteiger partial charge in [-0.25, -0.2) is 14.8 Å². The molecule has 9 nitrogen and oxygen atoms in total. The minimum absolute atomic E-state index is 0.261. The van der Waals surface area contributed by atoms with Crippen LogP contribution >= 0.6 is 0 Å². The summed E-state index contributed by atoms with van der Waals surface area (Å²) in [5.41, 5.74) is 6.70. The first-order valence-corrected chi connectivity index (χ1v) is 7.23. The normalized spacial score (nSPS) is 14.7. The fourth-order valence-corrected chi connectivity index (χ4v) is 2.37. The summed E-state index contributed by atoms with van der Waals surface area (Å²) >= 11 is 0. The maximum Gasteiger partial charge on any atom is 0.407 e. The SMILES string of the molecule is CON(C)C(=O)c1ccc(CN)nc1N1CCN(C(=O)O)CC1. The van der Waals surface area contributed by atoms with Gasteiger partial charge in [0.2, 0.25) is 0 Å². The molecule has 2 rings (SSSR count). The van der Waals surface area contributed by atoms with Gasteiger partial charge in [-0.1, -0.05) is 0 Å². The number of pyridine rings is 1. The van der Waals surface area contributed by atoms with Gasteiger partial charge in [-0.3, -0.25) is 9.63 Å². The average molecular weight is 323 g/mol. The predicted octanol–water partition coefficient (Wildman–Crippen LogP) is -0.0263. The van der Waals surface area contributed by atoms with Gasteiger partial charge in [0.05, 0.1) is 18.4 Å². The van der Waals surface area contributed by atoms with Crippen molar-refractivity contribution in [1.82, 2.24) is 14.9 Å².